The molecule has 0 spiro atoms. The minimum absolute atomic E-state index is 0.119. The number of rotatable bonds is 6. The average molecular weight is 361 g/mol. The second kappa shape index (κ2) is 7.36. The van der Waals surface area contributed by atoms with Gasteiger partial charge in [-0.25, -0.2) is 0 Å². The monoisotopic (exact) mass is 361 g/mol. The topological polar surface area (TPSA) is 83.6 Å². The summed E-state index contributed by atoms with van der Waals surface area (Å²) in [6.07, 6.45) is 4.22. The van der Waals surface area contributed by atoms with Crippen molar-refractivity contribution in [3.05, 3.63) is 28.2 Å². The van der Waals surface area contributed by atoms with Gasteiger partial charge in [0.2, 0.25) is 5.91 Å². The van der Waals surface area contributed by atoms with Crippen LogP contribution in [0, 0.1) is 11.3 Å². The third kappa shape index (κ3) is 3.79. The van der Waals surface area contributed by atoms with Crippen LogP contribution >= 0.6 is 23.1 Å². The molecule has 2 aromatic rings. The van der Waals surface area contributed by atoms with Gasteiger partial charge in [0.05, 0.1) is 11.8 Å². The third-order valence-electron chi connectivity index (χ3n) is 4.22. The quantitative estimate of drug-likeness (QED) is 0.799. The predicted molar refractivity (Wildman–Crippen MR) is 93.8 cm³/mol. The SMILES string of the molecule is Cn1c(Cc2cccs2)nnc1SCC(=O)NC1(C#N)CCCC1. The van der Waals surface area contributed by atoms with Crippen molar-refractivity contribution in [2.75, 3.05) is 5.75 Å². The summed E-state index contributed by atoms with van der Waals surface area (Å²) in [5.41, 5.74) is -0.665. The number of nitrogens with one attached hydrogen (secondary N) is 1. The molecule has 6 nitrogen and oxygen atoms in total. The van der Waals surface area contributed by atoms with E-state index in [0.29, 0.717) is 5.16 Å². The average Bonchev–Trinajstić information content (AvgIpc) is 3.30. The van der Waals surface area contributed by atoms with Gasteiger partial charge in [-0.15, -0.1) is 21.5 Å². The van der Waals surface area contributed by atoms with Crippen molar-refractivity contribution in [1.82, 2.24) is 20.1 Å². The summed E-state index contributed by atoms with van der Waals surface area (Å²) >= 11 is 3.04. The molecule has 0 unspecified atom stereocenters. The first-order valence-electron chi connectivity index (χ1n) is 7.88. The Balaban J connectivity index is 1.56. The molecule has 1 amide bonds. The lowest BCUT2D eigenvalue weighted by atomic mass is 10.0. The molecule has 0 aliphatic heterocycles. The predicted octanol–water partition coefficient (Wildman–Crippen LogP) is 2.51. The highest BCUT2D eigenvalue weighted by atomic mass is 32.2. The van der Waals surface area contributed by atoms with Crippen molar-refractivity contribution in [3.8, 4) is 6.07 Å². The summed E-state index contributed by atoms with van der Waals surface area (Å²) in [7, 11) is 1.91. The Morgan fingerprint density at radius 3 is 2.96 bits per heavy atom. The van der Waals surface area contributed by atoms with Gasteiger partial charge in [-0.1, -0.05) is 17.8 Å². The first kappa shape index (κ1) is 17.0. The summed E-state index contributed by atoms with van der Waals surface area (Å²) in [5.74, 6) is 1.00. The van der Waals surface area contributed by atoms with Crippen LogP contribution in [0.5, 0.6) is 0 Å². The number of carbonyl (C=O) groups is 1. The molecule has 3 rings (SSSR count). The standard InChI is InChI=1S/C16H19N5OS2/c1-21-13(9-12-5-4-8-23-12)19-20-15(21)24-10-14(22)18-16(11-17)6-2-3-7-16/h4-5,8H,2-3,6-7,9-10H2,1H3,(H,18,22). The summed E-state index contributed by atoms with van der Waals surface area (Å²) in [6.45, 7) is 0. The maximum absolute atomic E-state index is 12.2. The molecule has 0 aromatic carbocycles. The van der Waals surface area contributed by atoms with Gasteiger partial charge >= 0.3 is 0 Å². The van der Waals surface area contributed by atoms with E-state index in [0.717, 1.165) is 37.9 Å². The van der Waals surface area contributed by atoms with Crippen molar-refractivity contribution in [2.45, 2.75) is 42.8 Å². The van der Waals surface area contributed by atoms with Crippen molar-refractivity contribution in [2.24, 2.45) is 7.05 Å². The van der Waals surface area contributed by atoms with E-state index in [-0.39, 0.29) is 11.7 Å². The molecule has 2 aromatic heterocycles. The van der Waals surface area contributed by atoms with E-state index in [1.165, 1.54) is 16.6 Å². The van der Waals surface area contributed by atoms with Crippen LogP contribution in [-0.4, -0.2) is 32.0 Å². The number of hydrogen-bond acceptors (Lipinski definition) is 6. The normalized spacial score (nSPS) is 16.0. The molecular formula is C16H19N5OS2. The highest BCUT2D eigenvalue weighted by Crippen LogP contribution is 2.29. The van der Waals surface area contributed by atoms with Crippen LogP contribution in [0.4, 0.5) is 0 Å². The summed E-state index contributed by atoms with van der Waals surface area (Å²) < 4.78 is 1.92. The number of nitriles is 1. The minimum atomic E-state index is -0.665. The van der Waals surface area contributed by atoms with E-state index in [2.05, 4.69) is 27.6 Å². The van der Waals surface area contributed by atoms with Crippen molar-refractivity contribution >= 4 is 29.0 Å². The zero-order chi connectivity index (χ0) is 17.0. The lowest BCUT2D eigenvalue weighted by Gasteiger charge is -2.21. The number of aromatic nitrogens is 3. The fraction of sp³-hybridized carbons (Fsp3) is 0.500. The molecular weight excluding hydrogens is 342 g/mol. The van der Waals surface area contributed by atoms with Gasteiger partial charge < -0.3 is 9.88 Å². The van der Waals surface area contributed by atoms with Crippen LogP contribution < -0.4 is 5.32 Å². The maximum atomic E-state index is 12.2. The van der Waals surface area contributed by atoms with Gasteiger partial charge in [0.25, 0.3) is 0 Å². The zero-order valence-corrected chi connectivity index (χ0v) is 15.1. The molecule has 1 aliphatic rings. The van der Waals surface area contributed by atoms with Crippen molar-refractivity contribution < 1.29 is 4.79 Å². The zero-order valence-electron chi connectivity index (χ0n) is 13.5. The van der Waals surface area contributed by atoms with Crippen LogP contribution in [-0.2, 0) is 18.3 Å². The summed E-state index contributed by atoms with van der Waals surface area (Å²) in [6, 6.07) is 6.36. The van der Waals surface area contributed by atoms with Crippen LogP contribution in [0.3, 0.4) is 0 Å². The fourth-order valence-electron chi connectivity index (χ4n) is 2.87. The largest absolute Gasteiger partial charge is 0.337 e. The number of thiophene rings is 1. The highest BCUT2D eigenvalue weighted by Gasteiger charge is 2.35. The minimum Gasteiger partial charge on any atom is -0.337 e. The lowest BCUT2D eigenvalue weighted by molar-refractivity contribution is -0.119. The molecule has 1 aliphatic carbocycles. The Bertz CT molecular complexity index is 741. The van der Waals surface area contributed by atoms with Crippen LogP contribution in [0.15, 0.2) is 22.7 Å². The second-order valence-electron chi connectivity index (χ2n) is 5.95. The lowest BCUT2D eigenvalue weighted by Crippen LogP contribution is -2.45. The molecule has 2 heterocycles. The molecule has 8 heteroatoms. The molecule has 0 radical (unpaired) electrons. The Kier molecular flexibility index (Phi) is 5.21. The Hall–Kier alpha value is -1.85. The second-order valence-corrected chi connectivity index (χ2v) is 7.93. The van der Waals surface area contributed by atoms with E-state index in [9.17, 15) is 10.1 Å². The van der Waals surface area contributed by atoms with Gasteiger partial charge in [-0.05, 0) is 37.1 Å². The molecule has 24 heavy (non-hydrogen) atoms. The number of thioether (sulfide) groups is 1. The number of hydrogen-bond donors (Lipinski definition) is 1. The Morgan fingerprint density at radius 2 is 2.29 bits per heavy atom. The molecule has 1 fully saturated rings. The molecule has 1 saturated carbocycles. The van der Waals surface area contributed by atoms with Crippen LogP contribution in [0.25, 0.3) is 0 Å². The first-order chi connectivity index (χ1) is 11.6. The first-order valence-corrected chi connectivity index (χ1v) is 9.74. The molecule has 0 atom stereocenters. The van der Waals surface area contributed by atoms with Gasteiger partial charge in [0.1, 0.15) is 11.4 Å². The summed E-state index contributed by atoms with van der Waals surface area (Å²) in [5, 5.41) is 23.4. The molecule has 0 saturated heterocycles. The fourth-order valence-corrected chi connectivity index (χ4v) is 4.30. The molecule has 1 N–H and O–H groups in total. The molecule has 0 bridgehead atoms. The smallest absolute Gasteiger partial charge is 0.231 e. The number of carbonyl (C=O) groups excluding carboxylic acids is 1. The highest BCUT2D eigenvalue weighted by molar-refractivity contribution is 7.99. The summed E-state index contributed by atoms with van der Waals surface area (Å²) in [4.78, 5) is 13.4. The van der Waals surface area contributed by atoms with Crippen LogP contribution in [0.1, 0.15) is 36.4 Å². The van der Waals surface area contributed by atoms with Crippen molar-refractivity contribution in [1.29, 1.82) is 5.26 Å². The van der Waals surface area contributed by atoms with Crippen molar-refractivity contribution in [3.63, 3.8) is 0 Å². The third-order valence-corrected chi connectivity index (χ3v) is 6.12. The van der Waals surface area contributed by atoms with Crippen LogP contribution in [0.2, 0.25) is 0 Å². The Labute approximate surface area is 149 Å². The van der Waals surface area contributed by atoms with Gasteiger partial charge in [-0.2, -0.15) is 5.26 Å². The van der Waals surface area contributed by atoms with E-state index in [4.69, 9.17) is 0 Å². The molecule has 126 valence electrons. The van der Waals surface area contributed by atoms with E-state index >= 15 is 0 Å². The maximum Gasteiger partial charge on any atom is 0.231 e. The van der Waals surface area contributed by atoms with E-state index in [1.54, 1.807) is 11.3 Å². The van der Waals surface area contributed by atoms with E-state index in [1.807, 2.05) is 23.1 Å². The van der Waals surface area contributed by atoms with Gasteiger partial charge in [-0.3, -0.25) is 4.79 Å². The van der Waals surface area contributed by atoms with Gasteiger partial charge in [0, 0.05) is 18.3 Å². The Morgan fingerprint density at radius 1 is 1.50 bits per heavy atom. The van der Waals surface area contributed by atoms with E-state index < -0.39 is 5.54 Å². The van der Waals surface area contributed by atoms with Gasteiger partial charge in [0.15, 0.2) is 5.16 Å². The number of nitrogens with zero attached hydrogens (tertiary/aromatic N) is 4. The number of amides is 1.